The molecule has 154 valence electrons. The number of nitrogens with zero attached hydrogens (tertiary/aromatic N) is 1. The molecule has 7 heteroatoms. The molecule has 0 aliphatic carbocycles. The standard InChI is InChI=1S/C24H17NO5S/c26-16-7-3-6-15(11-16)21-20(22(27)19-12-14-5-1-2-9-18(14)30-19)23(28)24(29)25(21)13-17-8-4-10-31-17/h1-12,21,26,28H,13H2. The molecule has 31 heavy (non-hydrogen) atoms. The van der Waals surface area contributed by atoms with E-state index in [0.717, 1.165) is 10.3 Å². The Bertz CT molecular complexity index is 1300. The van der Waals surface area contributed by atoms with Gasteiger partial charge in [-0.05, 0) is 41.3 Å². The van der Waals surface area contributed by atoms with Gasteiger partial charge in [0.1, 0.15) is 11.3 Å². The third kappa shape index (κ3) is 3.29. The number of furan rings is 1. The highest BCUT2D eigenvalue weighted by molar-refractivity contribution is 7.09. The number of aromatic hydroxyl groups is 1. The molecular weight excluding hydrogens is 414 g/mol. The normalized spacial score (nSPS) is 16.5. The number of carbonyl (C=O) groups is 2. The molecular formula is C24H17NO5S. The summed E-state index contributed by atoms with van der Waals surface area (Å²) in [5.41, 5.74) is 0.999. The molecule has 1 aliphatic rings. The predicted octanol–water partition coefficient (Wildman–Crippen LogP) is 4.98. The van der Waals surface area contributed by atoms with Crippen LogP contribution in [0.3, 0.4) is 0 Å². The van der Waals surface area contributed by atoms with Gasteiger partial charge >= 0.3 is 0 Å². The summed E-state index contributed by atoms with van der Waals surface area (Å²) < 4.78 is 5.70. The van der Waals surface area contributed by atoms with Crippen LogP contribution in [0.5, 0.6) is 5.75 Å². The molecule has 2 N–H and O–H groups in total. The van der Waals surface area contributed by atoms with Crippen molar-refractivity contribution in [1.29, 1.82) is 0 Å². The Morgan fingerprint density at radius 1 is 1.03 bits per heavy atom. The predicted molar refractivity (Wildman–Crippen MR) is 116 cm³/mol. The summed E-state index contributed by atoms with van der Waals surface area (Å²) in [7, 11) is 0. The van der Waals surface area contributed by atoms with E-state index in [4.69, 9.17) is 4.42 Å². The minimum absolute atomic E-state index is 0.00273. The second kappa shape index (κ2) is 7.45. The minimum Gasteiger partial charge on any atom is -0.508 e. The van der Waals surface area contributed by atoms with E-state index in [1.807, 2.05) is 29.6 Å². The zero-order valence-electron chi connectivity index (χ0n) is 16.2. The molecule has 0 saturated heterocycles. The zero-order valence-corrected chi connectivity index (χ0v) is 17.0. The fourth-order valence-corrected chi connectivity index (χ4v) is 4.59. The molecule has 2 aromatic carbocycles. The number of rotatable bonds is 5. The number of hydrogen-bond donors (Lipinski definition) is 2. The minimum atomic E-state index is -0.859. The van der Waals surface area contributed by atoms with E-state index in [0.29, 0.717) is 11.1 Å². The number of aliphatic hydroxyl groups is 1. The molecule has 0 bridgehead atoms. The van der Waals surface area contributed by atoms with Crippen LogP contribution in [0.1, 0.15) is 27.0 Å². The van der Waals surface area contributed by atoms with Crippen molar-refractivity contribution in [2.75, 3.05) is 0 Å². The Labute approximate surface area is 181 Å². The van der Waals surface area contributed by atoms with Crippen LogP contribution < -0.4 is 0 Å². The lowest BCUT2D eigenvalue weighted by atomic mass is 9.95. The topological polar surface area (TPSA) is 91.0 Å². The van der Waals surface area contributed by atoms with Gasteiger partial charge in [0.15, 0.2) is 11.5 Å². The molecule has 1 unspecified atom stereocenters. The van der Waals surface area contributed by atoms with Crippen molar-refractivity contribution in [3.63, 3.8) is 0 Å². The zero-order chi connectivity index (χ0) is 21.5. The van der Waals surface area contributed by atoms with Gasteiger partial charge in [-0.15, -0.1) is 11.3 Å². The average molecular weight is 431 g/mol. The number of para-hydroxylation sites is 1. The Morgan fingerprint density at radius 3 is 2.61 bits per heavy atom. The van der Waals surface area contributed by atoms with E-state index >= 15 is 0 Å². The SMILES string of the molecule is O=C(C1=C(O)C(=O)N(Cc2cccs2)C1c1cccc(O)c1)c1cc2ccccc2o1. The number of aliphatic hydroxyl groups excluding tert-OH is 1. The maximum absolute atomic E-state index is 13.4. The van der Waals surface area contributed by atoms with E-state index in [1.54, 1.807) is 30.3 Å². The van der Waals surface area contributed by atoms with Gasteiger partial charge in [0.05, 0.1) is 18.2 Å². The molecule has 1 amide bonds. The molecule has 0 saturated carbocycles. The highest BCUT2D eigenvalue weighted by atomic mass is 32.1. The van der Waals surface area contributed by atoms with Crippen molar-refractivity contribution in [1.82, 2.24) is 4.90 Å². The first-order valence-corrected chi connectivity index (χ1v) is 10.5. The van der Waals surface area contributed by atoms with Crippen molar-refractivity contribution in [3.05, 3.63) is 99.6 Å². The van der Waals surface area contributed by atoms with Gasteiger partial charge in [0.2, 0.25) is 5.78 Å². The van der Waals surface area contributed by atoms with Gasteiger partial charge in [0, 0.05) is 10.3 Å². The first-order valence-electron chi connectivity index (χ1n) is 9.61. The Hall–Kier alpha value is -3.84. The Morgan fingerprint density at radius 2 is 1.87 bits per heavy atom. The summed E-state index contributed by atoms with van der Waals surface area (Å²) >= 11 is 1.48. The number of ketones is 1. The molecule has 3 heterocycles. The van der Waals surface area contributed by atoms with Crippen LogP contribution in [0, 0.1) is 0 Å². The molecule has 0 radical (unpaired) electrons. The van der Waals surface area contributed by atoms with E-state index in [9.17, 15) is 19.8 Å². The first kappa shape index (κ1) is 19.1. The molecule has 4 aromatic rings. The summed E-state index contributed by atoms with van der Waals surface area (Å²) in [6.07, 6.45) is 0. The average Bonchev–Trinajstić information content (AvgIpc) is 3.48. The molecule has 0 spiro atoms. The first-order chi connectivity index (χ1) is 15.0. The van der Waals surface area contributed by atoms with E-state index < -0.39 is 23.5 Å². The fraction of sp³-hybridized carbons (Fsp3) is 0.0833. The number of fused-ring (bicyclic) bond motifs is 1. The van der Waals surface area contributed by atoms with Crippen LogP contribution in [0.2, 0.25) is 0 Å². The lowest BCUT2D eigenvalue weighted by Crippen LogP contribution is -2.30. The van der Waals surface area contributed by atoms with Gasteiger partial charge in [0.25, 0.3) is 5.91 Å². The maximum atomic E-state index is 13.4. The summed E-state index contributed by atoms with van der Waals surface area (Å²) in [6.45, 7) is 0.220. The summed E-state index contributed by atoms with van der Waals surface area (Å²) in [6, 6.07) is 18.0. The number of phenolic OH excluding ortho intramolecular Hbond substituents is 1. The maximum Gasteiger partial charge on any atom is 0.290 e. The fourth-order valence-electron chi connectivity index (χ4n) is 3.89. The van der Waals surface area contributed by atoms with E-state index in [2.05, 4.69) is 0 Å². The van der Waals surface area contributed by atoms with Crippen LogP contribution in [-0.4, -0.2) is 26.8 Å². The number of amides is 1. The Kier molecular flexibility index (Phi) is 4.60. The van der Waals surface area contributed by atoms with E-state index in [1.165, 1.54) is 28.4 Å². The largest absolute Gasteiger partial charge is 0.508 e. The highest BCUT2D eigenvalue weighted by Gasteiger charge is 2.44. The monoisotopic (exact) mass is 431 g/mol. The van der Waals surface area contributed by atoms with Crippen LogP contribution in [0.4, 0.5) is 0 Å². The van der Waals surface area contributed by atoms with Gasteiger partial charge in [-0.3, -0.25) is 9.59 Å². The van der Waals surface area contributed by atoms with Crippen molar-refractivity contribution >= 4 is 34.0 Å². The van der Waals surface area contributed by atoms with Crippen LogP contribution in [0.15, 0.2) is 87.9 Å². The summed E-state index contributed by atoms with van der Waals surface area (Å²) in [4.78, 5) is 28.8. The summed E-state index contributed by atoms with van der Waals surface area (Å²) in [5, 5.41) is 23.4. The van der Waals surface area contributed by atoms with Crippen LogP contribution in [-0.2, 0) is 11.3 Å². The van der Waals surface area contributed by atoms with Gasteiger partial charge < -0.3 is 19.5 Å². The quantitative estimate of drug-likeness (QED) is 0.435. The van der Waals surface area contributed by atoms with E-state index in [-0.39, 0.29) is 23.6 Å². The molecule has 6 nitrogen and oxygen atoms in total. The number of Topliss-reactive ketones (excluding diaryl/α,β-unsaturated/α-hetero) is 1. The highest BCUT2D eigenvalue weighted by Crippen LogP contribution is 2.41. The van der Waals surface area contributed by atoms with Crippen molar-refractivity contribution in [2.24, 2.45) is 0 Å². The molecule has 1 aliphatic heterocycles. The van der Waals surface area contributed by atoms with Gasteiger partial charge in [-0.1, -0.05) is 36.4 Å². The lowest BCUT2D eigenvalue weighted by Gasteiger charge is -2.26. The second-order valence-electron chi connectivity index (χ2n) is 7.25. The number of hydrogen-bond acceptors (Lipinski definition) is 6. The van der Waals surface area contributed by atoms with Crippen molar-refractivity contribution < 1.29 is 24.2 Å². The lowest BCUT2D eigenvalue weighted by molar-refractivity contribution is -0.130. The number of phenols is 1. The second-order valence-corrected chi connectivity index (χ2v) is 8.28. The smallest absolute Gasteiger partial charge is 0.290 e. The summed E-state index contributed by atoms with van der Waals surface area (Å²) in [5.74, 6) is -1.76. The number of thiophene rings is 1. The van der Waals surface area contributed by atoms with Crippen LogP contribution >= 0.6 is 11.3 Å². The third-order valence-corrected chi connectivity index (χ3v) is 6.15. The van der Waals surface area contributed by atoms with Gasteiger partial charge in [-0.25, -0.2) is 0 Å². The molecule has 2 aromatic heterocycles. The number of carbonyl (C=O) groups excluding carboxylic acids is 2. The van der Waals surface area contributed by atoms with Crippen molar-refractivity contribution in [3.8, 4) is 5.75 Å². The van der Waals surface area contributed by atoms with Gasteiger partial charge in [-0.2, -0.15) is 0 Å². The number of benzene rings is 2. The third-order valence-electron chi connectivity index (χ3n) is 5.29. The molecule has 0 fully saturated rings. The molecule has 5 rings (SSSR count). The van der Waals surface area contributed by atoms with Crippen LogP contribution in [0.25, 0.3) is 11.0 Å². The molecule has 1 atom stereocenters. The van der Waals surface area contributed by atoms with Crippen molar-refractivity contribution in [2.45, 2.75) is 12.6 Å². The Balaban J connectivity index is 1.62.